The van der Waals surface area contributed by atoms with Crippen LogP contribution in [-0.2, 0) is 11.3 Å². The van der Waals surface area contributed by atoms with Gasteiger partial charge in [-0.15, -0.1) is 0 Å². The van der Waals surface area contributed by atoms with Gasteiger partial charge in [-0.05, 0) is 42.4 Å². The standard InChI is InChI=1S/C16H20N2O3S/c1-2-3-6-13(16(19)20)18-11-12-8-9-15(21-12)22-14-7-4-5-10-17-14/h4-5,7-10,13,18H,2-3,6,11H2,1H3,(H,19,20)/t13-/m0/s1. The molecule has 0 aliphatic carbocycles. The first-order valence-corrected chi connectivity index (χ1v) is 8.14. The van der Waals surface area contributed by atoms with Crippen LogP contribution in [0.1, 0.15) is 31.9 Å². The minimum atomic E-state index is -0.817. The largest absolute Gasteiger partial charge is 0.480 e. The number of nitrogens with one attached hydrogen (secondary N) is 1. The lowest BCUT2D eigenvalue weighted by Crippen LogP contribution is -2.36. The van der Waals surface area contributed by atoms with Crippen molar-refractivity contribution in [3.63, 3.8) is 0 Å². The van der Waals surface area contributed by atoms with E-state index in [4.69, 9.17) is 4.42 Å². The summed E-state index contributed by atoms with van der Waals surface area (Å²) in [4.78, 5) is 15.4. The van der Waals surface area contributed by atoms with Gasteiger partial charge in [0.25, 0.3) is 0 Å². The lowest BCUT2D eigenvalue weighted by Gasteiger charge is -2.12. The highest BCUT2D eigenvalue weighted by molar-refractivity contribution is 7.99. The van der Waals surface area contributed by atoms with E-state index in [0.717, 1.165) is 28.7 Å². The predicted octanol–water partition coefficient (Wildman–Crippen LogP) is 3.56. The Morgan fingerprint density at radius 3 is 2.95 bits per heavy atom. The maximum absolute atomic E-state index is 11.2. The molecule has 0 radical (unpaired) electrons. The van der Waals surface area contributed by atoms with Gasteiger partial charge in [0.2, 0.25) is 0 Å². The molecule has 0 fully saturated rings. The van der Waals surface area contributed by atoms with E-state index < -0.39 is 12.0 Å². The van der Waals surface area contributed by atoms with E-state index >= 15 is 0 Å². The number of rotatable bonds is 9. The number of carbonyl (C=O) groups is 1. The maximum atomic E-state index is 11.2. The third-order valence-electron chi connectivity index (χ3n) is 3.15. The number of furan rings is 1. The zero-order chi connectivity index (χ0) is 15.8. The summed E-state index contributed by atoms with van der Waals surface area (Å²) >= 11 is 1.44. The van der Waals surface area contributed by atoms with Crippen LogP contribution in [0.2, 0.25) is 0 Å². The van der Waals surface area contributed by atoms with Crippen LogP contribution >= 0.6 is 11.8 Å². The van der Waals surface area contributed by atoms with Crippen molar-refractivity contribution in [1.29, 1.82) is 0 Å². The fraction of sp³-hybridized carbons (Fsp3) is 0.375. The number of unbranched alkanes of at least 4 members (excludes halogenated alkanes) is 1. The number of hydrogen-bond donors (Lipinski definition) is 2. The van der Waals surface area contributed by atoms with E-state index in [9.17, 15) is 9.90 Å². The first kappa shape index (κ1) is 16.6. The number of nitrogens with zero attached hydrogens (tertiary/aromatic N) is 1. The number of carboxylic acids is 1. The molecular weight excluding hydrogens is 300 g/mol. The number of carboxylic acid groups (broad SMARTS) is 1. The fourth-order valence-corrected chi connectivity index (χ4v) is 2.71. The number of aliphatic carboxylic acids is 1. The van der Waals surface area contributed by atoms with Gasteiger partial charge in [-0.25, -0.2) is 4.98 Å². The lowest BCUT2D eigenvalue weighted by molar-refractivity contribution is -0.139. The van der Waals surface area contributed by atoms with Crippen molar-refractivity contribution in [2.75, 3.05) is 0 Å². The van der Waals surface area contributed by atoms with Crippen molar-refractivity contribution >= 4 is 17.7 Å². The van der Waals surface area contributed by atoms with E-state index in [0.29, 0.717) is 13.0 Å². The summed E-state index contributed by atoms with van der Waals surface area (Å²) in [5.41, 5.74) is 0. The molecule has 2 aromatic heterocycles. The zero-order valence-corrected chi connectivity index (χ0v) is 13.3. The van der Waals surface area contributed by atoms with Gasteiger partial charge in [0.15, 0.2) is 5.09 Å². The molecule has 0 aliphatic heterocycles. The van der Waals surface area contributed by atoms with Gasteiger partial charge in [0, 0.05) is 6.20 Å². The lowest BCUT2D eigenvalue weighted by atomic mass is 10.1. The summed E-state index contributed by atoms with van der Waals surface area (Å²) in [6, 6.07) is 8.90. The molecule has 0 saturated heterocycles. The Bertz CT molecular complexity index is 586. The van der Waals surface area contributed by atoms with Crippen molar-refractivity contribution in [3.8, 4) is 0 Å². The molecule has 5 nitrogen and oxygen atoms in total. The molecule has 0 amide bonds. The van der Waals surface area contributed by atoms with Crippen molar-refractivity contribution in [3.05, 3.63) is 42.3 Å². The molecule has 0 unspecified atom stereocenters. The summed E-state index contributed by atoms with van der Waals surface area (Å²) in [6.45, 7) is 2.45. The molecule has 0 saturated carbocycles. The van der Waals surface area contributed by atoms with Crippen LogP contribution in [0.3, 0.4) is 0 Å². The Morgan fingerprint density at radius 1 is 1.41 bits per heavy atom. The van der Waals surface area contributed by atoms with E-state index in [1.807, 2.05) is 37.3 Å². The molecule has 2 aromatic rings. The Morgan fingerprint density at radius 2 is 2.27 bits per heavy atom. The quantitative estimate of drug-likeness (QED) is 0.736. The summed E-state index contributed by atoms with van der Waals surface area (Å²) < 4.78 is 5.69. The first-order chi connectivity index (χ1) is 10.7. The average molecular weight is 320 g/mol. The van der Waals surface area contributed by atoms with Crippen molar-refractivity contribution in [2.24, 2.45) is 0 Å². The van der Waals surface area contributed by atoms with E-state index in [2.05, 4.69) is 10.3 Å². The van der Waals surface area contributed by atoms with Crippen LogP contribution in [-0.4, -0.2) is 22.1 Å². The molecule has 2 heterocycles. The number of hydrogen-bond acceptors (Lipinski definition) is 5. The zero-order valence-electron chi connectivity index (χ0n) is 12.5. The molecule has 22 heavy (non-hydrogen) atoms. The Hall–Kier alpha value is -1.79. The van der Waals surface area contributed by atoms with E-state index in [1.165, 1.54) is 11.8 Å². The van der Waals surface area contributed by atoms with Gasteiger partial charge in [0.1, 0.15) is 16.8 Å². The minimum absolute atomic E-state index is 0.406. The third kappa shape index (κ3) is 5.20. The van der Waals surface area contributed by atoms with Crippen LogP contribution < -0.4 is 5.32 Å². The average Bonchev–Trinajstić information content (AvgIpc) is 2.95. The van der Waals surface area contributed by atoms with Gasteiger partial charge in [-0.1, -0.05) is 25.8 Å². The fourth-order valence-electron chi connectivity index (χ4n) is 1.96. The number of aromatic nitrogens is 1. The molecule has 0 spiro atoms. The SMILES string of the molecule is CCCC[C@H](NCc1ccc(Sc2ccccn2)o1)C(=O)O. The van der Waals surface area contributed by atoms with E-state index in [-0.39, 0.29) is 0 Å². The highest BCUT2D eigenvalue weighted by Crippen LogP contribution is 2.27. The second kappa shape index (κ2) is 8.60. The molecule has 0 aliphatic rings. The van der Waals surface area contributed by atoms with Crippen LogP contribution in [0, 0.1) is 0 Å². The Labute approximate surface area is 134 Å². The second-order valence-electron chi connectivity index (χ2n) is 4.90. The topological polar surface area (TPSA) is 75.4 Å². The normalized spacial score (nSPS) is 12.2. The van der Waals surface area contributed by atoms with E-state index in [1.54, 1.807) is 6.20 Å². The summed E-state index contributed by atoms with van der Waals surface area (Å²) in [6.07, 6.45) is 4.24. The highest BCUT2D eigenvalue weighted by atomic mass is 32.2. The van der Waals surface area contributed by atoms with Gasteiger partial charge in [-0.2, -0.15) is 0 Å². The Balaban J connectivity index is 1.87. The van der Waals surface area contributed by atoms with Crippen LogP contribution in [0.25, 0.3) is 0 Å². The molecule has 0 bridgehead atoms. The summed E-state index contributed by atoms with van der Waals surface area (Å²) in [7, 11) is 0. The molecular formula is C16H20N2O3S. The Kier molecular flexibility index (Phi) is 6.48. The predicted molar refractivity (Wildman–Crippen MR) is 84.9 cm³/mol. The smallest absolute Gasteiger partial charge is 0.320 e. The first-order valence-electron chi connectivity index (χ1n) is 7.33. The molecule has 6 heteroatoms. The van der Waals surface area contributed by atoms with Gasteiger partial charge in [0.05, 0.1) is 6.54 Å². The van der Waals surface area contributed by atoms with Gasteiger partial charge in [-0.3, -0.25) is 10.1 Å². The summed E-state index contributed by atoms with van der Waals surface area (Å²) in [5, 5.41) is 13.8. The molecule has 118 valence electrons. The number of pyridine rings is 1. The monoisotopic (exact) mass is 320 g/mol. The van der Waals surface area contributed by atoms with Crippen LogP contribution in [0.4, 0.5) is 0 Å². The van der Waals surface area contributed by atoms with Gasteiger partial charge >= 0.3 is 5.97 Å². The molecule has 2 N–H and O–H groups in total. The molecule has 0 aromatic carbocycles. The molecule has 1 atom stereocenters. The van der Waals surface area contributed by atoms with Crippen molar-refractivity contribution < 1.29 is 14.3 Å². The maximum Gasteiger partial charge on any atom is 0.320 e. The van der Waals surface area contributed by atoms with Gasteiger partial charge < -0.3 is 9.52 Å². The van der Waals surface area contributed by atoms with Crippen LogP contribution in [0.15, 0.2) is 51.1 Å². The minimum Gasteiger partial charge on any atom is -0.480 e. The van der Waals surface area contributed by atoms with Crippen LogP contribution in [0.5, 0.6) is 0 Å². The highest BCUT2D eigenvalue weighted by Gasteiger charge is 2.16. The van der Waals surface area contributed by atoms with Crippen molar-refractivity contribution in [1.82, 2.24) is 10.3 Å². The third-order valence-corrected chi connectivity index (χ3v) is 4.02. The second-order valence-corrected chi connectivity index (χ2v) is 5.93. The summed E-state index contributed by atoms with van der Waals surface area (Å²) in [5.74, 6) is -0.0933. The molecule has 2 rings (SSSR count). The van der Waals surface area contributed by atoms with Crippen molar-refractivity contribution in [2.45, 2.75) is 48.9 Å².